The van der Waals surface area contributed by atoms with Crippen LogP contribution in [0.15, 0.2) is 12.1 Å². The third-order valence-corrected chi connectivity index (χ3v) is 3.81. The van der Waals surface area contributed by atoms with Crippen molar-refractivity contribution in [1.82, 2.24) is 0 Å². The molecule has 2 unspecified atom stereocenters. The molecule has 0 aliphatic rings. The summed E-state index contributed by atoms with van der Waals surface area (Å²) in [6.07, 6.45) is 1.08. The molecule has 0 aromatic heterocycles. The van der Waals surface area contributed by atoms with Gasteiger partial charge in [0.05, 0.1) is 6.61 Å². The smallest absolute Gasteiger partial charge is 0.119 e. The van der Waals surface area contributed by atoms with E-state index in [2.05, 4.69) is 39.8 Å². The molecule has 0 aliphatic carbocycles. The second kappa shape index (κ2) is 6.79. The summed E-state index contributed by atoms with van der Waals surface area (Å²) in [5, 5.41) is 0. The summed E-state index contributed by atoms with van der Waals surface area (Å²) in [6.45, 7) is 12.4. The monoisotopic (exact) mass is 249 g/mol. The van der Waals surface area contributed by atoms with Gasteiger partial charge in [-0.25, -0.2) is 0 Å². The van der Waals surface area contributed by atoms with Gasteiger partial charge in [0.25, 0.3) is 0 Å². The van der Waals surface area contributed by atoms with Crippen molar-refractivity contribution in [2.24, 2.45) is 11.7 Å². The molecule has 18 heavy (non-hydrogen) atoms. The molecule has 0 radical (unpaired) electrons. The fraction of sp³-hybridized carbons (Fsp3) is 0.625. The molecule has 0 saturated heterocycles. The minimum absolute atomic E-state index is 0.546. The Labute approximate surface area is 112 Å². The Balaban J connectivity index is 3.02. The van der Waals surface area contributed by atoms with Gasteiger partial charge in [0.1, 0.15) is 5.75 Å². The van der Waals surface area contributed by atoms with Gasteiger partial charge in [-0.3, -0.25) is 0 Å². The minimum Gasteiger partial charge on any atom is -0.494 e. The number of ether oxygens (including phenoxy) is 1. The Morgan fingerprint density at radius 2 is 1.72 bits per heavy atom. The zero-order chi connectivity index (χ0) is 13.7. The Bertz CT molecular complexity index is 364. The Kier molecular flexibility index (Phi) is 5.67. The van der Waals surface area contributed by atoms with Crippen molar-refractivity contribution in [2.75, 3.05) is 13.2 Å². The molecule has 2 nitrogen and oxygen atoms in total. The fourth-order valence-corrected chi connectivity index (χ4v) is 2.70. The lowest BCUT2D eigenvalue weighted by molar-refractivity contribution is 0.339. The molecule has 102 valence electrons. The van der Waals surface area contributed by atoms with E-state index in [1.54, 1.807) is 0 Å². The van der Waals surface area contributed by atoms with Crippen LogP contribution in [0.3, 0.4) is 0 Å². The average Bonchev–Trinajstić information content (AvgIpc) is 2.28. The third-order valence-electron chi connectivity index (χ3n) is 3.81. The predicted octanol–water partition coefficient (Wildman–Crippen LogP) is 3.79. The van der Waals surface area contributed by atoms with Gasteiger partial charge >= 0.3 is 0 Å². The van der Waals surface area contributed by atoms with Gasteiger partial charge in [-0.2, -0.15) is 0 Å². The summed E-state index contributed by atoms with van der Waals surface area (Å²) in [6, 6.07) is 4.30. The zero-order valence-electron chi connectivity index (χ0n) is 12.4. The molecule has 0 spiro atoms. The molecule has 0 bridgehead atoms. The highest BCUT2D eigenvalue weighted by Gasteiger charge is 2.18. The first-order valence-corrected chi connectivity index (χ1v) is 6.95. The SMILES string of the molecule is CCOc1cc(C)c(C(C)C(C)CCN)c(C)c1. The van der Waals surface area contributed by atoms with Crippen LogP contribution in [-0.4, -0.2) is 13.2 Å². The van der Waals surface area contributed by atoms with E-state index in [0.717, 1.165) is 25.3 Å². The summed E-state index contributed by atoms with van der Waals surface area (Å²) in [7, 11) is 0. The Morgan fingerprint density at radius 1 is 1.17 bits per heavy atom. The second-order valence-corrected chi connectivity index (χ2v) is 5.25. The first-order valence-electron chi connectivity index (χ1n) is 6.95. The molecule has 0 amide bonds. The van der Waals surface area contributed by atoms with Crippen molar-refractivity contribution in [2.45, 2.75) is 47.0 Å². The van der Waals surface area contributed by atoms with Crippen LogP contribution in [-0.2, 0) is 0 Å². The summed E-state index contributed by atoms with van der Waals surface area (Å²) in [5.41, 5.74) is 9.78. The molecule has 0 aliphatic heterocycles. The molecule has 0 heterocycles. The van der Waals surface area contributed by atoms with Crippen molar-refractivity contribution in [3.05, 3.63) is 28.8 Å². The third kappa shape index (κ3) is 3.49. The highest BCUT2D eigenvalue weighted by molar-refractivity contribution is 5.43. The lowest BCUT2D eigenvalue weighted by Crippen LogP contribution is -2.14. The highest BCUT2D eigenvalue weighted by Crippen LogP contribution is 2.33. The number of hydrogen-bond acceptors (Lipinski definition) is 2. The standard InChI is InChI=1S/C16H27NO/c1-6-18-15-9-12(3)16(13(4)10-15)14(5)11(2)7-8-17/h9-11,14H,6-8,17H2,1-5H3. The van der Waals surface area contributed by atoms with E-state index in [9.17, 15) is 0 Å². The lowest BCUT2D eigenvalue weighted by Gasteiger charge is -2.24. The van der Waals surface area contributed by atoms with E-state index in [1.165, 1.54) is 16.7 Å². The first-order chi connectivity index (χ1) is 8.51. The zero-order valence-corrected chi connectivity index (χ0v) is 12.4. The molecule has 1 aromatic carbocycles. The van der Waals surface area contributed by atoms with Gasteiger partial charge in [-0.1, -0.05) is 13.8 Å². The van der Waals surface area contributed by atoms with E-state index < -0.39 is 0 Å². The van der Waals surface area contributed by atoms with Crippen molar-refractivity contribution in [3.8, 4) is 5.75 Å². The van der Waals surface area contributed by atoms with Crippen LogP contribution >= 0.6 is 0 Å². The van der Waals surface area contributed by atoms with Gasteiger partial charge in [0, 0.05) is 0 Å². The maximum absolute atomic E-state index is 5.67. The molecule has 2 heteroatoms. The van der Waals surface area contributed by atoms with Crippen molar-refractivity contribution < 1.29 is 4.74 Å². The van der Waals surface area contributed by atoms with Crippen LogP contribution in [0.2, 0.25) is 0 Å². The molecular weight excluding hydrogens is 222 g/mol. The van der Waals surface area contributed by atoms with E-state index in [1.807, 2.05) is 6.92 Å². The molecule has 2 N–H and O–H groups in total. The Morgan fingerprint density at radius 3 is 2.17 bits per heavy atom. The maximum Gasteiger partial charge on any atom is 0.119 e. The minimum atomic E-state index is 0.546. The van der Waals surface area contributed by atoms with E-state index in [0.29, 0.717) is 11.8 Å². The quantitative estimate of drug-likeness (QED) is 0.832. The average molecular weight is 249 g/mol. The molecule has 0 saturated carbocycles. The number of benzene rings is 1. The van der Waals surface area contributed by atoms with Gasteiger partial charge < -0.3 is 10.5 Å². The highest BCUT2D eigenvalue weighted by atomic mass is 16.5. The number of nitrogens with two attached hydrogens (primary N) is 1. The maximum atomic E-state index is 5.67. The Hall–Kier alpha value is -1.02. The summed E-state index contributed by atoms with van der Waals surface area (Å²) in [5.74, 6) is 2.14. The fourth-order valence-electron chi connectivity index (χ4n) is 2.70. The largest absolute Gasteiger partial charge is 0.494 e. The normalized spacial score (nSPS) is 14.3. The van der Waals surface area contributed by atoms with Gasteiger partial charge in [0.2, 0.25) is 0 Å². The van der Waals surface area contributed by atoms with Crippen LogP contribution in [0.5, 0.6) is 5.75 Å². The van der Waals surface area contributed by atoms with Crippen molar-refractivity contribution in [1.29, 1.82) is 0 Å². The number of rotatable bonds is 6. The van der Waals surface area contributed by atoms with E-state index in [-0.39, 0.29) is 0 Å². The number of aryl methyl sites for hydroxylation is 2. The number of hydrogen-bond donors (Lipinski definition) is 1. The lowest BCUT2D eigenvalue weighted by atomic mass is 9.82. The van der Waals surface area contributed by atoms with Crippen LogP contribution < -0.4 is 10.5 Å². The summed E-state index contributed by atoms with van der Waals surface area (Å²) >= 11 is 0. The van der Waals surface area contributed by atoms with Crippen LogP contribution in [0.1, 0.15) is 49.8 Å². The topological polar surface area (TPSA) is 35.2 Å². The molecule has 1 aromatic rings. The second-order valence-electron chi connectivity index (χ2n) is 5.25. The van der Waals surface area contributed by atoms with Crippen LogP contribution in [0.4, 0.5) is 0 Å². The molecule has 2 atom stereocenters. The van der Waals surface area contributed by atoms with Gasteiger partial charge in [0.15, 0.2) is 0 Å². The van der Waals surface area contributed by atoms with Crippen LogP contribution in [0.25, 0.3) is 0 Å². The van der Waals surface area contributed by atoms with E-state index >= 15 is 0 Å². The molecule has 0 fully saturated rings. The van der Waals surface area contributed by atoms with E-state index in [4.69, 9.17) is 10.5 Å². The van der Waals surface area contributed by atoms with Crippen molar-refractivity contribution >= 4 is 0 Å². The van der Waals surface area contributed by atoms with Crippen molar-refractivity contribution in [3.63, 3.8) is 0 Å². The van der Waals surface area contributed by atoms with Crippen LogP contribution in [0, 0.1) is 19.8 Å². The summed E-state index contributed by atoms with van der Waals surface area (Å²) < 4.78 is 5.59. The van der Waals surface area contributed by atoms with Gasteiger partial charge in [-0.15, -0.1) is 0 Å². The summed E-state index contributed by atoms with van der Waals surface area (Å²) in [4.78, 5) is 0. The molecule has 1 rings (SSSR count). The first kappa shape index (κ1) is 15.0. The predicted molar refractivity (Wildman–Crippen MR) is 78.3 cm³/mol. The van der Waals surface area contributed by atoms with Gasteiger partial charge in [-0.05, 0) is 74.4 Å². The molecular formula is C16H27NO.